The van der Waals surface area contributed by atoms with Crippen LogP contribution in [0.4, 0.5) is 5.69 Å². The Morgan fingerprint density at radius 1 is 1.04 bits per heavy atom. The molecular weight excluding hydrogens is 318 g/mol. The summed E-state index contributed by atoms with van der Waals surface area (Å²) in [6.45, 7) is 1.12. The van der Waals surface area contributed by atoms with Gasteiger partial charge < -0.3 is 16.0 Å². The second-order valence-electron chi connectivity index (χ2n) is 7.55. The molecule has 0 saturated heterocycles. The van der Waals surface area contributed by atoms with Crippen LogP contribution in [0.5, 0.6) is 0 Å². The van der Waals surface area contributed by atoms with E-state index in [1.54, 1.807) is 0 Å². The molecule has 1 atom stereocenters. The van der Waals surface area contributed by atoms with E-state index in [1.165, 1.54) is 59.7 Å². The van der Waals surface area contributed by atoms with Gasteiger partial charge in [-0.1, -0.05) is 36.8 Å². The lowest BCUT2D eigenvalue weighted by molar-refractivity contribution is 0.449. The predicted octanol–water partition coefficient (Wildman–Crippen LogP) is 4.61. The van der Waals surface area contributed by atoms with Crippen LogP contribution in [0.1, 0.15) is 42.4 Å². The second kappa shape index (κ2) is 7.96. The molecule has 0 spiro atoms. The van der Waals surface area contributed by atoms with Gasteiger partial charge in [-0.3, -0.25) is 0 Å². The first-order valence-corrected chi connectivity index (χ1v) is 9.96. The van der Waals surface area contributed by atoms with E-state index in [-0.39, 0.29) is 0 Å². The number of nitrogen functional groups attached to an aromatic ring is 1. The summed E-state index contributed by atoms with van der Waals surface area (Å²) in [5.74, 6) is 0. The van der Waals surface area contributed by atoms with Crippen molar-refractivity contribution >= 4 is 16.6 Å². The Labute approximate surface area is 156 Å². The molecule has 1 aromatic heterocycles. The summed E-state index contributed by atoms with van der Waals surface area (Å²) in [5.41, 5.74) is 12.6. The number of para-hydroxylation sites is 1. The Bertz CT molecular complexity index is 865. The van der Waals surface area contributed by atoms with Crippen LogP contribution < -0.4 is 11.1 Å². The molecule has 1 aliphatic rings. The number of anilines is 1. The highest BCUT2D eigenvalue weighted by Crippen LogP contribution is 2.26. The molecule has 0 radical (unpaired) electrons. The zero-order valence-electron chi connectivity index (χ0n) is 15.4. The highest BCUT2D eigenvalue weighted by molar-refractivity contribution is 5.82. The first kappa shape index (κ1) is 17.2. The second-order valence-corrected chi connectivity index (χ2v) is 7.55. The van der Waals surface area contributed by atoms with E-state index in [0.717, 1.165) is 25.1 Å². The molecular formula is C23H29N3. The normalized spacial score (nSPS) is 16.7. The minimum atomic E-state index is 0.609. The SMILES string of the molecule is Nc1cccc2c1CCC(NCCCCCc1c[nH]c3ccccc13)C2. The summed E-state index contributed by atoms with van der Waals surface area (Å²) in [6, 6.07) is 15.5. The number of benzene rings is 2. The van der Waals surface area contributed by atoms with E-state index in [4.69, 9.17) is 5.73 Å². The number of aromatic nitrogens is 1. The van der Waals surface area contributed by atoms with E-state index in [9.17, 15) is 0 Å². The molecule has 26 heavy (non-hydrogen) atoms. The average molecular weight is 348 g/mol. The molecule has 3 heteroatoms. The molecule has 0 fully saturated rings. The molecule has 0 bridgehead atoms. The predicted molar refractivity (Wildman–Crippen MR) is 111 cm³/mol. The van der Waals surface area contributed by atoms with E-state index in [1.807, 2.05) is 6.07 Å². The first-order chi connectivity index (χ1) is 12.8. The van der Waals surface area contributed by atoms with Crippen molar-refractivity contribution < 1.29 is 0 Å². The highest BCUT2D eigenvalue weighted by Gasteiger charge is 2.19. The third-order valence-electron chi connectivity index (χ3n) is 5.75. The number of hydrogen-bond donors (Lipinski definition) is 3. The van der Waals surface area contributed by atoms with Gasteiger partial charge in [0.2, 0.25) is 0 Å². The summed E-state index contributed by atoms with van der Waals surface area (Å²) in [6.07, 6.45) is 10.6. The van der Waals surface area contributed by atoms with Crippen LogP contribution in [0.15, 0.2) is 48.7 Å². The molecule has 1 heterocycles. The van der Waals surface area contributed by atoms with Gasteiger partial charge >= 0.3 is 0 Å². The lowest BCUT2D eigenvalue weighted by atomic mass is 9.87. The number of aryl methyl sites for hydroxylation is 1. The largest absolute Gasteiger partial charge is 0.398 e. The number of aromatic amines is 1. The summed E-state index contributed by atoms with van der Waals surface area (Å²) in [5, 5.41) is 5.14. The number of nitrogens with two attached hydrogens (primary N) is 1. The minimum absolute atomic E-state index is 0.609. The molecule has 1 unspecified atom stereocenters. The molecule has 0 aliphatic heterocycles. The third-order valence-corrected chi connectivity index (χ3v) is 5.75. The number of fused-ring (bicyclic) bond motifs is 2. The van der Waals surface area contributed by atoms with Gasteiger partial charge in [0, 0.05) is 28.8 Å². The van der Waals surface area contributed by atoms with Crippen LogP contribution in [0.3, 0.4) is 0 Å². The van der Waals surface area contributed by atoms with E-state index >= 15 is 0 Å². The molecule has 1 aliphatic carbocycles. The average Bonchev–Trinajstić information content (AvgIpc) is 3.08. The molecule has 0 amide bonds. The van der Waals surface area contributed by atoms with Crippen molar-refractivity contribution in [2.75, 3.05) is 12.3 Å². The van der Waals surface area contributed by atoms with Gasteiger partial charge in [0.15, 0.2) is 0 Å². The fraction of sp³-hybridized carbons (Fsp3) is 0.391. The van der Waals surface area contributed by atoms with E-state index in [0.29, 0.717) is 6.04 Å². The molecule has 4 N–H and O–H groups in total. The maximum absolute atomic E-state index is 6.09. The lowest BCUT2D eigenvalue weighted by Crippen LogP contribution is -2.35. The van der Waals surface area contributed by atoms with Crippen molar-refractivity contribution in [2.24, 2.45) is 0 Å². The van der Waals surface area contributed by atoms with Gasteiger partial charge in [-0.15, -0.1) is 0 Å². The monoisotopic (exact) mass is 347 g/mol. The van der Waals surface area contributed by atoms with Crippen LogP contribution in [0, 0.1) is 0 Å². The Morgan fingerprint density at radius 2 is 1.96 bits per heavy atom. The fourth-order valence-electron chi connectivity index (χ4n) is 4.27. The number of nitrogens with one attached hydrogen (secondary N) is 2. The molecule has 3 nitrogen and oxygen atoms in total. The molecule has 136 valence electrons. The van der Waals surface area contributed by atoms with Gasteiger partial charge in [0.1, 0.15) is 0 Å². The third kappa shape index (κ3) is 3.78. The number of rotatable bonds is 7. The maximum Gasteiger partial charge on any atom is 0.0456 e. The van der Waals surface area contributed by atoms with Crippen LogP contribution in [-0.4, -0.2) is 17.6 Å². The smallest absolute Gasteiger partial charge is 0.0456 e. The molecule has 3 aromatic rings. The number of unbranched alkanes of at least 4 members (excludes halogenated alkanes) is 2. The zero-order chi connectivity index (χ0) is 17.8. The Hall–Kier alpha value is -2.26. The van der Waals surface area contributed by atoms with Gasteiger partial charge in [0.25, 0.3) is 0 Å². The number of hydrogen-bond acceptors (Lipinski definition) is 2. The highest BCUT2D eigenvalue weighted by atomic mass is 14.9. The maximum atomic E-state index is 6.09. The van der Waals surface area contributed by atoms with Crippen LogP contribution in [0.25, 0.3) is 10.9 Å². The Kier molecular flexibility index (Phi) is 5.26. The lowest BCUT2D eigenvalue weighted by Gasteiger charge is -2.26. The van der Waals surface area contributed by atoms with Crippen LogP contribution in [0.2, 0.25) is 0 Å². The van der Waals surface area contributed by atoms with Crippen LogP contribution in [-0.2, 0) is 19.3 Å². The van der Waals surface area contributed by atoms with Gasteiger partial charge in [0.05, 0.1) is 0 Å². The summed E-state index contributed by atoms with van der Waals surface area (Å²) >= 11 is 0. The van der Waals surface area contributed by atoms with E-state index < -0.39 is 0 Å². The van der Waals surface area contributed by atoms with Crippen molar-refractivity contribution in [1.82, 2.24) is 10.3 Å². The summed E-state index contributed by atoms with van der Waals surface area (Å²) < 4.78 is 0. The van der Waals surface area contributed by atoms with Crippen molar-refractivity contribution in [3.63, 3.8) is 0 Å². The standard InChI is InChI=1S/C23H29N3/c24-22-10-6-8-17-15-19(12-13-20(17)22)25-14-5-1-2-7-18-16-26-23-11-4-3-9-21(18)23/h3-4,6,8-11,16,19,25-26H,1-2,5,7,12-15,24H2. The zero-order valence-corrected chi connectivity index (χ0v) is 15.4. The van der Waals surface area contributed by atoms with Crippen molar-refractivity contribution in [3.05, 3.63) is 65.4 Å². The number of H-pyrrole nitrogens is 1. The van der Waals surface area contributed by atoms with Gasteiger partial charge in [-0.05, 0) is 73.9 Å². The Balaban J connectivity index is 1.17. The van der Waals surface area contributed by atoms with Crippen LogP contribution >= 0.6 is 0 Å². The Morgan fingerprint density at radius 3 is 2.92 bits per heavy atom. The van der Waals surface area contributed by atoms with E-state index in [2.05, 4.69) is 52.9 Å². The van der Waals surface area contributed by atoms with Crippen molar-refractivity contribution in [3.8, 4) is 0 Å². The summed E-state index contributed by atoms with van der Waals surface area (Å²) in [7, 11) is 0. The van der Waals surface area contributed by atoms with Crippen molar-refractivity contribution in [2.45, 2.75) is 51.0 Å². The first-order valence-electron chi connectivity index (χ1n) is 9.96. The fourth-order valence-corrected chi connectivity index (χ4v) is 4.27. The topological polar surface area (TPSA) is 53.8 Å². The van der Waals surface area contributed by atoms with Crippen molar-refractivity contribution in [1.29, 1.82) is 0 Å². The quantitative estimate of drug-likeness (QED) is 0.432. The molecule has 2 aromatic carbocycles. The van der Waals surface area contributed by atoms with Gasteiger partial charge in [-0.25, -0.2) is 0 Å². The molecule has 4 rings (SSSR count). The molecule has 0 saturated carbocycles. The van der Waals surface area contributed by atoms with Gasteiger partial charge in [-0.2, -0.15) is 0 Å². The summed E-state index contributed by atoms with van der Waals surface area (Å²) in [4.78, 5) is 3.37. The minimum Gasteiger partial charge on any atom is -0.398 e.